The van der Waals surface area contributed by atoms with Crippen molar-refractivity contribution in [3.63, 3.8) is 0 Å². The Morgan fingerprint density at radius 2 is 0.537 bits per heavy atom. The SMILES string of the molecule is COCCOCCOCCOc1cc(COc2cc(CNC(=O)C(CCCCNC(=O)c3ccc4cccnc4c3[O-])(CCCCNC(=O)c3ccc4cccnc4c3[O-])CCCNC(=O)c3ccc4cccnc4c3[O-])cc(OCc3cc(OCCOCCOCCOC)c(OCCOCCOCCOC)c(OCCOCCOCCOC)c3)c2)cc(OCCOCCOCCOC)c1OCCOCCOCCOC.[Gd+3]. The summed E-state index contributed by atoms with van der Waals surface area (Å²) < 4.78 is 153. The fraction of sp³-hybridized carbons (Fsp3) is 0.538. The van der Waals surface area contributed by atoms with Crippen LogP contribution in [-0.2, 0) is 110 Å². The molecule has 9 rings (SSSR count). The molecule has 0 aliphatic carbocycles. The summed E-state index contributed by atoms with van der Waals surface area (Å²) in [5, 5.41) is 54.9. The largest absolute Gasteiger partial charge is 3.00 e. The van der Waals surface area contributed by atoms with Crippen LogP contribution >= 0.6 is 0 Å². The molecule has 4 N–H and O–H groups in total. The van der Waals surface area contributed by atoms with Gasteiger partial charge in [-0.1, -0.05) is 66.5 Å². The summed E-state index contributed by atoms with van der Waals surface area (Å²) in [7, 11) is 9.59. The summed E-state index contributed by atoms with van der Waals surface area (Å²) >= 11 is 0. The Hall–Kier alpha value is -10.2. The molecule has 0 spiro atoms. The number of hydrogen-bond donors (Lipinski definition) is 4. The number of amides is 4. The van der Waals surface area contributed by atoms with E-state index in [2.05, 4.69) is 36.2 Å². The summed E-state index contributed by atoms with van der Waals surface area (Å²) in [5.74, 6) is -1.59. The molecule has 0 aliphatic rings. The molecule has 809 valence electrons. The number of rotatable bonds is 86. The molecule has 0 saturated heterocycles. The number of unbranched alkanes of at least 4 members (excludes halogenated alkanes) is 2. The number of nitrogens with zero attached hydrogens (tertiary/aromatic N) is 3. The van der Waals surface area contributed by atoms with Crippen molar-refractivity contribution in [1.82, 2.24) is 36.2 Å². The molecular weight excluding hydrogens is 2060 g/mol. The van der Waals surface area contributed by atoms with Gasteiger partial charge in [0.2, 0.25) is 17.4 Å². The average Bonchev–Trinajstić information content (AvgIpc) is 0.808. The zero-order valence-electron chi connectivity index (χ0n) is 85.2. The summed E-state index contributed by atoms with van der Waals surface area (Å²) in [4.78, 5) is 70.9. The maximum absolute atomic E-state index is 16.2. The van der Waals surface area contributed by atoms with E-state index in [0.29, 0.717) is 177 Å². The van der Waals surface area contributed by atoms with Crippen molar-refractivity contribution in [3.8, 4) is 63.2 Å². The Balaban J connectivity index is 0.0000264. The average molecular weight is 2200 g/mol. The second-order valence-electron chi connectivity index (χ2n) is 32.9. The van der Waals surface area contributed by atoms with Crippen LogP contribution in [0.4, 0.5) is 0 Å². The van der Waals surface area contributed by atoms with E-state index in [1.54, 1.807) is 140 Å². The van der Waals surface area contributed by atoms with Crippen molar-refractivity contribution in [2.24, 2.45) is 5.41 Å². The summed E-state index contributed by atoms with van der Waals surface area (Å²) in [6, 6.07) is 32.0. The molecule has 3 heterocycles. The predicted molar refractivity (Wildman–Crippen MR) is 534 cm³/mol. The van der Waals surface area contributed by atoms with E-state index in [-0.39, 0.29) is 303 Å². The summed E-state index contributed by atoms with van der Waals surface area (Å²) in [5.41, 5.74) is 0.513. The van der Waals surface area contributed by atoms with E-state index in [4.69, 9.17) is 123 Å². The van der Waals surface area contributed by atoms with Crippen LogP contribution in [0.15, 0.2) is 134 Å². The molecule has 40 nitrogen and oxygen atoms in total. The fourth-order valence-corrected chi connectivity index (χ4v) is 14.9. The van der Waals surface area contributed by atoms with Crippen LogP contribution in [-0.4, -0.2) is 339 Å². The molecule has 4 amide bonds. The number of benzene rings is 6. The van der Waals surface area contributed by atoms with E-state index < -0.39 is 46.3 Å². The maximum atomic E-state index is 16.2. The van der Waals surface area contributed by atoms with Gasteiger partial charge in [-0.15, -0.1) is 0 Å². The van der Waals surface area contributed by atoms with Gasteiger partial charge in [0.05, 0.1) is 215 Å². The predicted octanol–water partition coefficient (Wildman–Crippen LogP) is 9.07. The molecule has 3 aromatic heterocycles. The number of hydrogen-bond acceptors (Lipinski definition) is 36. The Bertz CT molecular complexity index is 4880. The Morgan fingerprint density at radius 1 is 0.279 bits per heavy atom. The molecule has 0 fully saturated rings. The zero-order chi connectivity index (χ0) is 103. The van der Waals surface area contributed by atoms with E-state index in [1.165, 1.54) is 36.8 Å². The van der Waals surface area contributed by atoms with Crippen molar-refractivity contribution in [1.29, 1.82) is 0 Å². The zero-order valence-corrected chi connectivity index (χ0v) is 87.5. The molecule has 0 atom stereocenters. The minimum Gasteiger partial charge on any atom is -0.870 e. The van der Waals surface area contributed by atoms with Crippen LogP contribution in [0.1, 0.15) is 99.1 Å². The fourth-order valence-electron chi connectivity index (χ4n) is 14.9. The summed E-state index contributed by atoms with van der Waals surface area (Å²) in [6.07, 6.45) is 6.65. The summed E-state index contributed by atoms with van der Waals surface area (Å²) in [6.45, 7) is 9.88. The van der Waals surface area contributed by atoms with Gasteiger partial charge in [0.15, 0.2) is 23.0 Å². The molecule has 9 aromatic rings. The van der Waals surface area contributed by atoms with Gasteiger partial charge < -0.3 is 160 Å². The molecule has 41 heteroatoms. The number of carbonyl (C=O) groups excluding carboxylic acids is 4. The van der Waals surface area contributed by atoms with Crippen LogP contribution in [0.5, 0.6) is 63.2 Å². The molecule has 0 unspecified atom stereocenters. The van der Waals surface area contributed by atoms with E-state index in [0.717, 1.165) is 0 Å². The smallest absolute Gasteiger partial charge is 0.870 e. The third-order valence-electron chi connectivity index (χ3n) is 22.3. The second kappa shape index (κ2) is 74.7. The standard InChI is InChI=1S/C106H147N7O33.Gd/c1-121-33-39-127-45-51-133-57-63-139-90-71-80(72-91(140-64-58-134-52-46-128-40-34-122-2)100(90)143-67-61-137-55-49-131-43-37-125-5)77-145-85-69-79(70-86(75-85)146-78-81-73-92(141-65-59-135-53-47-129-41-35-123-3)101(144-68-62-138-56-50-132-44-38-126-6)93(74-81)142-66-60-136-54-48-130-42-36-124-4)76-113-105(120)106(26-14-32-112-104(119)89-23-20-84-17-13-31-109-96(84)99(89)116,24-7-9-27-110-102(117)87-21-18-82-15-11-29-107-94(82)97(87)114)25-8-10-28-111-103(118)88-22-19-83-16-12-30-108-95(83)98(88)115;/h11-13,15-23,29-31,69-75,114-116H,7-10,14,24-28,32-68,76-78H2,1-6H3,(H,110,117)(H,111,118)(H,112,119)(H,113,120);/q;+3/p-3. The first-order valence-electron chi connectivity index (χ1n) is 49.4. The first kappa shape index (κ1) is 122. The molecule has 0 aliphatic heterocycles. The molecule has 6 aromatic carbocycles. The molecule has 147 heavy (non-hydrogen) atoms. The second-order valence-corrected chi connectivity index (χ2v) is 32.9. The number of carbonyl (C=O) groups is 4. The van der Waals surface area contributed by atoms with Crippen molar-refractivity contribution >= 4 is 56.3 Å². The Labute approximate surface area is 891 Å². The van der Waals surface area contributed by atoms with Crippen molar-refractivity contribution < 1.29 is 198 Å². The van der Waals surface area contributed by atoms with Crippen LogP contribution in [0, 0.1) is 45.4 Å². The third-order valence-corrected chi connectivity index (χ3v) is 22.3. The van der Waals surface area contributed by atoms with Gasteiger partial charge in [-0.3, -0.25) is 34.1 Å². The van der Waals surface area contributed by atoms with Gasteiger partial charge in [0.25, 0.3) is 17.7 Å². The van der Waals surface area contributed by atoms with Gasteiger partial charge >= 0.3 is 39.9 Å². The van der Waals surface area contributed by atoms with Gasteiger partial charge in [0.1, 0.15) is 64.4 Å². The van der Waals surface area contributed by atoms with Crippen LogP contribution in [0.3, 0.4) is 0 Å². The van der Waals surface area contributed by atoms with Crippen molar-refractivity contribution in [2.45, 2.75) is 71.1 Å². The van der Waals surface area contributed by atoms with Gasteiger partial charge in [0, 0.05) is 116 Å². The molecule has 1 radical (unpaired) electrons. The minimum absolute atomic E-state index is 0. The number of aromatic nitrogens is 3. The van der Waals surface area contributed by atoms with E-state index >= 15 is 4.79 Å². The van der Waals surface area contributed by atoms with Crippen LogP contribution < -0.4 is 74.5 Å². The minimum atomic E-state index is -1.27. The van der Waals surface area contributed by atoms with Crippen molar-refractivity contribution in [3.05, 3.63) is 167 Å². The van der Waals surface area contributed by atoms with E-state index in [9.17, 15) is 29.7 Å². The monoisotopic (exact) mass is 2200 g/mol. The first-order valence-corrected chi connectivity index (χ1v) is 49.4. The number of nitrogens with one attached hydrogen (secondary N) is 4. The van der Waals surface area contributed by atoms with Crippen molar-refractivity contribution in [2.75, 3.05) is 300 Å². The molecule has 0 saturated carbocycles. The van der Waals surface area contributed by atoms with Crippen LogP contribution in [0.2, 0.25) is 0 Å². The van der Waals surface area contributed by atoms with Crippen LogP contribution in [0.25, 0.3) is 32.7 Å². The third kappa shape index (κ3) is 45.7. The molecular formula is C106H144GdN7O33. The first-order chi connectivity index (χ1) is 71.7. The van der Waals surface area contributed by atoms with E-state index in [1.807, 2.05) is 0 Å². The molecule has 0 bridgehead atoms. The van der Waals surface area contributed by atoms with Gasteiger partial charge in [-0.2, -0.15) is 0 Å². The topological polar surface area (TPSA) is 464 Å². The van der Waals surface area contributed by atoms with Gasteiger partial charge in [-0.25, -0.2) is 0 Å². The Kier molecular flexibility index (Phi) is 62.0. The number of methoxy groups -OCH3 is 6. The number of fused-ring (bicyclic) bond motifs is 3. The quantitative estimate of drug-likeness (QED) is 0.0258. The Morgan fingerprint density at radius 3 is 0.823 bits per heavy atom. The van der Waals surface area contributed by atoms with Gasteiger partial charge in [-0.05, 0) is 144 Å². The maximum Gasteiger partial charge on any atom is 3.00 e. The normalized spacial score (nSPS) is 11.4. The number of ether oxygens (including phenoxy) is 26. The number of pyridine rings is 3.